The third-order valence-electron chi connectivity index (χ3n) is 3.52. The average Bonchev–Trinajstić information content (AvgIpc) is 3.23. The van der Waals surface area contributed by atoms with E-state index in [4.69, 9.17) is 5.11 Å². The fraction of sp³-hybridized carbons (Fsp3) is 0.583. The molecule has 0 radical (unpaired) electrons. The van der Waals surface area contributed by atoms with Gasteiger partial charge < -0.3 is 10.0 Å². The number of piperazine rings is 1. The first kappa shape index (κ1) is 11.4. The van der Waals surface area contributed by atoms with Gasteiger partial charge in [-0.05, 0) is 18.9 Å². The SMILES string of the molecule is O=C(O)c1ccnc(N2CCN(C3CC3)CC2)n1. The van der Waals surface area contributed by atoms with Crippen LogP contribution in [-0.4, -0.2) is 58.2 Å². The van der Waals surface area contributed by atoms with E-state index in [0.29, 0.717) is 5.95 Å². The molecule has 0 atom stereocenters. The number of carboxylic acid groups (broad SMARTS) is 1. The molecule has 1 aromatic heterocycles. The van der Waals surface area contributed by atoms with E-state index in [1.807, 2.05) is 0 Å². The molecule has 2 heterocycles. The van der Waals surface area contributed by atoms with E-state index in [0.717, 1.165) is 32.2 Å². The predicted octanol–water partition coefficient (Wildman–Crippen LogP) is 0.459. The lowest BCUT2D eigenvalue weighted by atomic mass is 10.3. The Morgan fingerprint density at radius 1 is 1.28 bits per heavy atom. The van der Waals surface area contributed by atoms with Crippen molar-refractivity contribution in [2.24, 2.45) is 0 Å². The molecule has 1 N–H and O–H groups in total. The smallest absolute Gasteiger partial charge is 0.354 e. The van der Waals surface area contributed by atoms with Crippen LogP contribution in [0.25, 0.3) is 0 Å². The minimum absolute atomic E-state index is 0.0598. The molecule has 1 aliphatic heterocycles. The fourth-order valence-corrected chi connectivity index (χ4v) is 2.35. The van der Waals surface area contributed by atoms with Gasteiger partial charge >= 0.3 is 5.97 Å². The van der Waals surface area contributed by atoms with E-state index in [-0.39, 0.29) is 5.69 Å². The number of aromatic nitrogens is 2. The first-order chi connectivity index (χ1) is 8.74. The summed E-state index contributed by atoms with van der Waals surface area (Å²) in [4.78, 5) is 23.7. The number of hydrogen-bond acceptors (Lipinski definition) is 5. The Hall–Kier alpha value is -1.69. The van der Waals surface area contributed by atoms with Gasteiger partial charge in [0.25, 0.3) is 0 Å². The summed E-state index contributed by atoms with van der Waals surface area (Å²) in [7, 11) is 0. The second-order valence-electron chi connectivity index (χ2n) is 4.80. The first-order valence-corrected chi connectivity index (χ1v) is 6.29. The highest BCUT2D eigenvalue weighted by molar-refractivity contribution is 5.85. The van der Waals surface area contributed by atoms with Crippen molar-refractivity contribution in [2.75, 3.05) is 31.1 Å². The lowest BCUT2D eigenvalue weighted by Crippen LogP contribution is -2.47. The zero-order valence-corrected chi connectivity index (χ0v) is 10.1. The average molecular weight is 248 g/mol. The maximum atomic E-state index is 10.9. The zero-order valence-electron chi connectivity index (χ0n) is 10.1. The van der Waals surface area contributed by atoms with Crippen molar-refractivity contribution in [1.82, 2.24) is 14.9 Å². The summed E-state index contributed by atoms with van der Waals surface area (Å²) in [5.41, 5.74) is 0.0598. The van der Waals surface area contributed by atoms with Gasteiger partial charge in [0.2, 0.25) is 5.95 Å². The van der Waals surface area contributed by atoms with Crippen molar-refractivity contribution in [1.29, 1.82) is 0 Å². The molecule has 6 nitrogen and oxygen atoms in total. The molecule has 0 aromatic carbocycles. The Bertz CT molecular complexity index is 453. The number of hydrogen-bond donors (Lipinski definition) is 1. The summed E-state index contributed by atoms with van der Waals surface area (Å²) >= 11 is 0. The highest BCUT2D eigenvalue weighted by Crippen LogP contribution is 2.27. The highest BCUT2D eigenvalue weighted by atomic mass is 16.4. The van der Waals surface area contributed by atoms with Gasteiger partial charge in [0.15, 0.2) is 5.69 Å². The second kappa shape index (κ2) is 4.53. The number of aromatic carboxylic acids is 1. The number of anilines is 1. The van der Waals surface area contributed by atoms with Gasteiger partial charge in [0, 0.05) is 38.4 Å². The summed E-state index contributed by atoms with van der Waals surface area (Å²) in [6.45, 7) is 3.79. The van der Waals surface area contributed by atoms with E-state index in [1.54, 1.807) is 0 Å². The van der Waals surface area contributed by atoms with Gasteiger partial charge in [-0.15, -0.1) is 0 Å². The van der Waals surface area contributed by atoms with Gasteiger partial charge in [0.1, 0.15) is 0 Å². The van der Waals surface area contributed by atoms with Gasteiger partial charge in [-0.2, -0.15) is 0 Å². The maximum absolute atomic E-state index is 10.9. The molecule has 3 rings (SSSR count). The number of rotatable bonds is 3. The number of nitrogens with zero attached hydrogens (tertiary/aromatic N) is 4. The van der Waals surface area contributed by atoms with E-state index in [1.165, 1.54) is 25.1 Å². The van der Waals surface area contributed by atoms with E-state index in [2.05, 4.69) is 19.8 Å². The minimum Gasteiger partial charge on any atom is -0.477 e. The van der Waals surface area contributed by atoms with Crippen LogP contribution >= 0.6 is 0 Å². The Morgan fingerprint density at radius 2 is 2.00 bits per heavy atom. The molecule has 2 fully saturated rings. The minimum atomic E-state index is -1.00. The van der Waals surface area contributed by atoms with Crippen molar-refractivity contribution in [3.63, 3.8) is 0 Å². The predicted molar refractivity (Wildman–Crippen MR) is 65.8 cm³/mol. The summed E-state index contributed by atoms with van der Waals surface area (Å²) in [6.07, 6.45) is 4.16. The molecule has 2 aliphatic rings. The van der Waals surface area contributed by atoms with Gasteiger partial charge in [-0.3, -0.25) is 4.90 Å². The first-order valence-electron chi connectivity index (χ1n) is 6.29. The number of carboxylic acids is 1. The van der Waals surface area contributed by atoms with Crippen LogP contribution in [0.2, 0.25) is 0 Å². The second-order valence-corrected chi connectivity index (χ2v) is 4.80. The molecule has 96 valence electrons. The quantitative estimate of drug-likeness (QED) is 0.838. The molecular weight excluding hydrogens is 232 g/mol. The molecule has 0 unspecified atom stereocenters. The van der Waals surface area contributed by atoms with E-state index < -0.39 is 5.97 Å². The number of carbonyl (C=O) groups is 1. The summed E-state index contributed by atoms with van der Waals surface area (Å²) in [5, 5.41) is 8.91. The van der Waals surface area contributed by atoms with Gasteiger partial charge in [-0.25, -0.2) is 14.8 Å². The molecule has 1 saturated heterocycles. The van der Waals surface area contributed by atoms with Crippen molar-refractivity contribution in [3.05, 3.63) is 18.0 Å². The van der Waals surface area contributed by atoms with Crippen molar-refractivity contribution in [2.45, 2.75) is 18.9 Å². The standard InChI is InChI=1S/C12H16N4O2/c17-11(18)10-3-4-13-12(14-10)16-7-5-15(6-8-16)9-1-2-9/h3-4,9H,1-2,5-8H2,(H,17,18). The largest absolute Gasteiger partial charge is 0.477 e. The third kappa shape index (κ3) is 2.28. The van der Waals surface area contributed by atoms with Gasteiger partial charge in [0.05, 0.1) is 0 Å². The van der Waals surface area contributed by atoms with Crippen LogP contribution in [0.5, 0.6) is 0 Å². The third-order valence-corrected chi connectivity index (χ3v) is 3.52. The molecule has 0 amide bonds. The zero-order chi connectivity index (χ0) is 12.5. The van der Waals surface area contributed by atoms with Crippen molar-refractivity contribution < 1.29 is 9.90 Å². The van der Waals surface area contributed by atoms with E-state index >= 15 is 0 Å². The normalized spacial score (nSPS) is 21.0. The van der Waals surface area contributed by atoms with Crippen molar-refractivity contribution >= 4 is 11.9 Å². The highest BCUT2D eigenvalue weighted by Gasteiger charge is 2.31. The molecule has 0 bridgehead atoms. The molecule has 6 heteroatoms. The molecule has 1 aliphatic carbocycles. The lowest BCUT2D eigenvalue weighted by Gasteiger charge is -2.34. The lowest BCUT2D eigenvalue weighted by molar-refractivity contribution is 0.0690. The maximum Gasteiger partial charge on any atom is 0.354 e. The molecule has 18 heavy (non-hydrogen) atoms. The van der Waals surface area contributed by atoms with Gasteiger partial charge in [-0.1, -0.05) is 0 Å². The van der Waals surface area contributed by atoms with Crippen LogP contribution in [0, 0.1) is 0 Å². The van der Waals surface area contributed by atoms with E-state index in [9.17, 15) is 4.79 Å². The molecule has 1 aromatic rings. The summed E-state index contributed by atoms with van der Waals surface area (Å²) in [5.74, 6) is -0.472. The Kier molecular flexibility index (Phi) is 2.87. The topological polar surface area (TPSA) is 69.6 Å². The molecule has 0 spiro atoms. The van der Waals surface area contributed by atoms with Crippen LogP contribution < -0.4 is 4.90 Å². The fourth-order valence-electron chi connectivity index (χ4n) is 2.35. The monoisotopic (exact) mass is 248 g/mol. The van der Waals surface area contributed by atoms with Crippen LogP contribution in [0.4, 0.5) is 5.95 Å². The van der Waals surface area contributed by atoms with Crippen molar-refractivity contribution in [3.8, 4) is 0 Å². The Balaban J connectivity index is 1.67. The summed E-state index contributed by atoms with van der Waals surface area (Å²) < 4.78 is 0. The van der Waals surface area contributed by atoms with Crippen LogP contribution in [0.1, 0.15) is 23.3 Å². The Morgan fingerprint density at radius 3 is 2.61 bits per heavy atom. The van der Waals surface area contributed by atoms with Crippen LogP contribution in [0.3, 0.4) is 0 Å². The molecular formula is C12H16N4O2. The summed E-state index contributed by atoms with van der Waals surface area (Å²) in [6, 6.07) is 2.21. The molecule has 1 saturated carbocycles. The van der Waals surface area contributed by atoms with Crippen LogP contribution in [0.15, 0.2) is 12.3 Å². The van der Waals surface area contributed by atoms with Crippen LogP contribution in [-0.2, 0) is 0 Å². The Labute approximate surface area is 105 Å².